The Morgan fingerprint density at radius 1 is 1.42 bits per heavy atom. The van der Waals surface area contributed by atoms with E-state index in [9.17, 15) is 14.8 Å². The van der Waals surface area contributed by atoms with Crippen molar-refractivity contribution < 1.29 is 19.5 Å². The molecular weight excluding hydrogens is 328 g/mol. The van der Waals surface area contributed by atoms with Crippen LogP contribution in [0.15, 0.2) is 46.5 Å². The Morgan fingerprint density at radius 3 is 2.83 bits per heavy atom. The summed E-state index contributed by atoms with van der Waals surface area (Å²) in [5.41, 5.74) is 1.03. The molecule has 0 spiro atoms. The average molecular weight is 348 g/mol. The maximum absolute atomic E-state index is 12.2. The molecule has 6 nitrogen and oxygen atoms in total. The van der Waals surface area contributed by atoms with Crippen LogP contribution in [-0.2, 0) is 9.53 Å². The van der Waals surface area contributed by atoms with Gasteiger partial charge in [-0.25, -0.2) is 0 Å². The van der Waals surface area contributed by atoms with Crippen LogP contribution in [0.2, 0.25) is 0 Å². The number of unbranched alkanes of at least 4 members (excludes halogenated alkanes) is 1. The summed E-state index contributed by atoms with van der Waals surface area (Å²) in [6.07, 6.45) is 3.62. The van der Waals surface area contributed by atoms with Crippen LogP contribution in [0, 0.1) is 0 Å². The molecule has 0 bridgehead atoms. The van der Waals surface area contributed by atoms with Crippen LogP contribution in [-0.4, -0.2) is 41.7 Å². The highest BCUT2D eigenvalue weighted by Crippen LogP contribution is 2.29. The zero-order chi connectivity index (χ0) is 17.4. The normalized spacial score (nSPS) is 20.3. The largest absolute Gasteiger partial charge is 0.469 e. The van der Waals surface area contributed by atoms with E-state index in [1.54, 1.807) is 24.3 Å². The highest BCUT2D eigenvalue weighted by atomic mass is 32.2. The molecule has 24 heavy (non-hydrogen) atoms. The lowest BCUT2D eigenvalue weighted by atomic mass is 10.1. The second-order valence-electron chi connectivity index (χ2n) is 5.23. The number of carbonyl (C=O) groups is 2. The first-order chi connectivity index (χ1) is 11.7. The third kappa shape index (κ3) is 4.86. The quantitative estimate of drug-likeness (QED) is 0.357. The number of carbonyl (C=O) groups excluding carboxylic acids is 2. The van der Waals surface area contributed by atoms with E-state index < -0.39 is 0 Å². The summed E-state index contributed by atoms with van der Waals surface area (Å²) in [4.78, 5) is 24.1. The SMILES string of the molecule is COC(=O)CCCC=C1SC[C@@H](NC(=O)c2ccccc2)/C1=N\O. The maximum atomic E-state index is 12.2. The Morgan fingerprint density at radius 2 is 2.17 bits per heavy atom. The summed E-state index contributed by atoms with van der Waals surface area (Å²) in [5, 5.41) is 15.5. The number of nitrogens with one attached hydrogen (secondary N) is 1. The van der Waals surface area contributed by atoms with E-state index in [2.05, 4.69) is 15.2 Å². The Balaban J connectivity index is 1.92. The van der Waals surface area contributed by atoms with Crippen molar-refractivity contribution in [3.8, 4) is 0 Å². The van der Waals surface area contributed by atoms with Crippen molar-refractivity contribution in [2.24, 2.45) is 5.16 Å². The summed E-state index contributed by atoms with van der Waals surface area (Å²) < 4.78 is 4.59. The number of allylic oxidation sites excluding steroid dienone is 1. The third-order valence-electron chi connectivity index (χ3n) is 3.58. The molecule has 0 aliphatic carbocycles. The first kappa shape index (κ1) is 18.1. The number of rotatable bonds is 6. The van der Waals surface area contributed by atoms with Gasteiger partial charge < -0.3 is 15.3 Å². The monoisotopic (exact) mass is 348 g/mol. The minimum absolute atomic E-state index is 0.200. The van der Waals surface area contributed by atoms with Gasteiger partial charge in [0.25, 0.3) is 5.91 Å². The number of hydrogen-bond donors (Lipinski definition) is 2. The van der Waals surface area contributed by atoms with Crippen molar-refractivity contribution in [2.75, 3.05) is 12.9 Å². The first-order valence-electron chi connectivity index (χ1n) is 7.63. The van der Waals surface area contributed by atoms with Gasteiger partial charge >= 0.3 is 5.97 Å². The molecule has 1 heterocycles. The van der Waals surface area contributed by atoms with Gasteiger partial charge in [0.1, 0.15) is 5.71 Å². The Kier molecular flexibility index (Phi) is 6.87. The van der Waals surface area contributed by atoms with Crippen LogP contribution in [0.5, 0.6) is 0 Å². The van der Waals surface area contributed by atoms with Gasteiger partial charge in [-0.05, 0) is 25.0 Å². The number of amides is 1. The van der Waals surface area contributed by atoms with Crippen molar-refractivity contribution in [3.63, 3.8) is 0 Å². The molecule has 1 aliphatic rings. The lowest BCUT2D eigenvalue weighted by Gasteiger charge is -2.12. The van der Waals surface area contributed by atoms with Crippen LogP contribution >= 0.6 is 11.8 Å². The van der Waals surface area contributed by atoms with E-state index in [1.165, 1.54) is 18.9 Å². The number of esters is 1. The maximum Gasteiger partial charge on any atom is 0.305 e. The summed E-state index contributed by atoms with van der Waals surface area (Å²) >= 11 is 1.52. The molecule has 1 aliphatic heterocycles. The van der Waals surface area contributed by atoms with Crippen LogP contribution in [0.3, 0.4) is 0 Å². The Labute approximate surface area is 145 Å². The van der Waals surface area contributed by atoms with Crippen molar-refractivity contribution >= 4 is 29.4 Å². The average Bonchev–Trinajstić information content (AvgIpc) is 3.00. The summed E-state index contributed by atoms with van der Waals surface area (Å²) in [6, 6.07) is 8.57. The smallest absolute Gasteiger partial charge is 0.305 e. The Bertz CT molecular complexity index is 643. The predicted molar refractivity (Wildman–Crippen MR) is 93.3 cm³/mol. The van der Waals surface area contributed by atoms with Gasteiger partial charge in [-0.15, -0.1) is 11.8 Å². The van der Waals surface area contributed by atoms with Crippen molar-refractivity contribution in [2.45, 2.75) is 25.3 Å². The molecule has 0 radical (unpaired) electrons. The third-order valence-corrected chi connectivity index (χ3v) is 4.77. The van der Waals surface area contributed by atoms with Crippen LogP contribution < -0.4 is 5.32 Å². The molecule has 0 aromatic heterocycles. The fraction of sp³-hybridized carbons (Fsp3) is 0.353. The molecule has 1 aromatic carbocycles. The molecule has 0 unspecified atom stereocenters. The number of oxime groups is 1. The number of methoxy groups -OCH3 is 1. The predicted octanol–water partition coefficient (Wildman–Crippen LogP) is 2.59. The fourth-order valence-electron chi connectivity index (χ4n) is 2.30. The van der Waals surface area contributed by atoms with E-state index in [0.29, 0.717) is 36.3 Å². The molecule has 1 amide bonds. The molecule has 1 aromatic rings. The van der Waals surface area contributed by atoms with Crippen molar-refractivity contribution in [3.05, 3.63) is 46.9 Å². The molecule has 1 saturated heterocycles. The summed E-state index contributed by atoms with van der Waals surface area (Å²) in [7, 11) is 1.37. The fourth-order valence-corrected chi connectivity index (χ4v) is 3.46. The van der Waals surface area contributed by atoms with Crippen molar-refractivity contribution in [1.82, 2.24) is 5.32 Å². The molecule has 7 heteroatoms. The minimum Gasteiger partial charge on any atom is -0.469 e. The zero-order valence-corrected chi connectivity index (χ0v) is 14.2. The van der Waals surface area contributed by atoms with E-state index in [-0.39, 0.29) is 17.9 Å². The number of hydrogen-bond acceptors (Lipinski definition) is 6. The molecule has 128 valence electrons. The Hall–Kier alpha value is -2.28. The van der Waals surface area contributed by atoms with E-state index in [0.717, 1.165) is 4.91 Å². The lowest BCUT2D eigenvalue weighted by Crippen LogP contribution is -2.39. The highest BCUT2D eigenvalue weighted by Gasteiger charge is 2.30. The van der Waals surface area contributed by atoms with Gasteiger partial charge in [-0.2, -0.15) is 0 Å². The molecule has 2 N–H and O–H groups in total. The standard InChI is InChI=1S/C17H20N2O4S/c1-23-15(20)10-6-5-9-14-16(19-22)13(11-24-14)18-17(21)12-7-3-2-4-8-12/h2-4,7-9,13,22H,5-6,10-11H2,1H3,(H,18,21)/b14-9?,19-16+/t13-/m1/s1. The first-order valence-corrected chi connectivity index (χ1v) is 8.62. The number of thioether (sulfide) groups is 1. The second-order valence-corrected chi connectivity index (χ2v) is 6.29. The number of benzene rings is 1. The van der Waals surface area contributed by atoms with Gasteiger partial charge in [0.05, 0.1) is 13.2 Å². The zero-order valence-electron chi connectivity index (χ0n) is 13.4. The van der Waals surface area contributed by atoms with Crippen LogP contribution in [0.25, 0.3) is 0 Å². The van der Waals surface area contributed by atoms with Crippen LogP contribution in [0.4, 0.5) is 0 Å². The summed E-state index contributed by atoms with van der Waals surface area (Å²) in [6.45, 7) is 0. The van der Waals surface area contributed by atoms with E-state index in [4.69, 9.17) is 0 Å². The topological polar surface area (TPSA) is 88.0 Å². The minimum atomic E-state index is -0.334. The molecule has 2 rings (SSSR count). The lowest BCUT2D eigenvalue weighted by molar-refractivity contribution is -0.140. The molecule has 1 fully saturated rings. The second kappa shape index (κ2) is 9.12. The highest BCUT2D eigenvalue weighted by molar-refractivity contribution is 8.04. The van der Waals surface area contributed by atoms with E-state index >= 15 is 0 Å². The van der Waals surface area contributed by atoms with Gasteiger partial charge in [0, 0.05) is 22.6 Å². The van der Waals surface area contributed by atoms with Gasteiger partial charge in [0.15, 0.2) is 0 Å². The summed E-state index contributed by atoms with van der Waals surface area (Å²) in [5.74, 6) is 0.173. The number of ether oxygens (including phenoxy) is 1. The van der Waals surface area contributed by atoms with Gasteiger partial charge in [-0.3, -0.25) is 9.59 Å². The number of nitrogens with zero attached hydrogens (tertiary/aromatic N) is 1. The van der Waals surface area contributed by atoms with Crippen molar-refractivity contribution in [1.29, 1.82) is 0 Å². The molecule has 0 saturated carbocycles. The van der Waals surface area contributed by atoms with Gasteiger partial charge in [0.2, 0.25) is 0 Å². The van der Waals surface area contributed by atoms with Crippen LogP contribution in [0.1, 0.15) is 29.6 Å². The molecular formula is C17H20N2O4S. The van der Waals surface area contributed by atoms with Gasteiger partial charge in [-0.1, -0.05) is 29.4 Å². The van der Waals surface area contributed by atoms with E-state index in [1.807, 2.05) is 12.1 Å². The molecule has 1 atom stereocenters.